The maximum atomic E-state index is 12.5. The number of aromatic nitrogens is 4. The van der Waals surface area contributed by atoms with E-state index in [1.807, 2.05) is 28.9 Å². The number of hydrogen-bond acceptors (Lipinski definition) is 7. The van der Waals surface area contributed by atoms with Crippen LogP contribution in [0.1, 0.15) is 35.2 Å². The zero-order valence-corrected chi connectivity index (χ0v) is 15.0. The van der Waals surface area contributed by atoms with Crippen molar-refractivity contribution < 1.29 is 9.53 Å². The number of aryl methyl sites for hydroxylation is 1. The third-order valence-corrected chi connectivity index (χ3v) is 4.96. The second-order valence-electron chi connectivity index (χ2n) is 5.90. The topological polar surface area (TPSA) is 94.0 Å². The van der Waals surface area contributed by atoms with Gasteiger partial charge in [0.2, 0.25) is 0 Å². The minimum Gasteiger partial charge on any atom is -0.497 e. The van der Waals surface area contributed by atoms with E-state index in [0.29, 0.717) is 10.8 Å². The Balaban J connectivity index is 1.42. The standard InChI is InChI=1S/C17H18N6O2S/c1-25-12-6-4-11(5-7-12)20-17-22-14(9-26-17)16(24)21-13-3-2-8-23-15(13)18-10-19-23/h4-7,9-10,13H,2-3,8H2,1H3,(H,20,22)(H,21,24). The maximum Gasteiger partial charge on any atom is 0.271 e. The van der Waals surface area contributed by atoms with E-state index >= 15 is 0 Å². The zero-order chi connectivity index (χ0) is 17.9. The minimum atomic E-state index is -0.203. The van der Waals surface area contributed by atoms with Gasteiger partial charge >= 0.3 is 0 Å². The molecular formula is C17H18N6O2S. The summed E-state index contributed by atoms with van der Waals surface area (Å²) in [7, 11) is 1.63. The fourth-order valence-corrected chi connectivity index (χ4v) is 3.60. The lowest BCUT2D eigenvalue weighted by atomic mass is 10.1. The number of fused-ring (bicyclic) bond motifs is 1. The van der Waals surface area contributed by atoms with E-state index in [2.05, 4.69) is 25.7 Å². The van der Waals surface area contributed by atoms with Crippen LogP contribution in [-0.4, -0.2) is 32.8 Å². The molecule has 1 aromatic carbocycles. The zero-order valence-electron chi connectivity index (χ0n) is 14.2. The van der Waals surface area contributed by atoms with Crippen molar-refractivity contribution in [3.05, 3.63) is 47.5 Å². The van der Waals surface area contributed by atoms with Gasteiger partial charge in [-0.05, 0) is 37.1 Å². The first-order valence-electron chi connectivity index (χ1n) is 8.28. The number of thiazole rings is 1. The SMILES string of the molecule is COc1ccc(Nc2nc(C(=O)NC3CCCn4ncnc43)cs2)cc1. The number of carbonyl (C=O) groups is 1. The lowest BCUT2D eigenvalue weighted by molar-refractivity contribution is 0.0923. The Morgan fingerprint density at radius 2 is 2.19 bits per heavy atom. The third-order valence-electron chi connectivity index (χ3n) is 4.20. The van der Waals surface area contributed by atoms with E-state index in [-0.39, 0.29) is 11.9 Å². The molecule has 0 saturated heterocycles. The second kappa shape index (κ2) is 7.12. The molecule has 1 unspecified atom stereocenters. The van der Waals surface area contributed by atoms with Crippen LogP contribution in [0.3, 0.4) is 0 Å². The summed E-state index contributed by atoms with van der Waals surface area (Å²) in [6.45, 7) is 0.842. The first kappa shape index (κ1) is 16.5. The summed E-state index contributed by atoms with van der Waals surface area (Å²) in [4.78, 5) is 21.2. The largest absolute Gasteiger partial charge is 0.497 e. The third kappa shape index (κ3) is 3.38. The van der Waals surface area contributed by atoms with Crippen LogP contribution >= 0.6 is 11.3 Å². The molecule has 26 heavy (non-hydrogen) atoms. The molecule has 2 N–H and O–H groups in total. The lowest BCUT2D eigenvalue weighted by Gasteiger charge is -2.22. The van der Waals surface area contributed by atoms with Gasteiger partial charge in [-0.25, -0.2) is 14.6 Å². The Hall–Kier alpha value is -2.94. The smallest absolute Gasteiger partial charge is 0.271 e. The molecule has 2 aromatic heterocycles. The first-order chi connectivity index (χ1) is 12.7. The second-order valence-corrected chi connectivity index (χ2v) is 6.76. The Bertz CT molecular complexity index is 904. The van der Waals surface area contributed by atoms with E-state index in [1.54, 1.807) is 12.5 Å². The van der Waals surface area contributed by atoms with E-state index in [0.717, 1.165) is 36.6 Å². The van der Waals surface area contributed by atoms with Gasteiger partial charge in [-0.3, -0.25) is 4.79 Å². The van der Waals surface area contributed by atoms with Crippen molar-refractivity contribution in [2.24, 2.45) is 0 Å². The molecule has 0 bridgehead atoms. The fraction of sp³-hybridized carbons (Fsp3) is 0.294. The number of methoxy groups -OCH3 is 1. The summed E-state index contributed by atoms with van der Waals surface area (Å²) >= 11 is 1.38. The number of rotatable bonds is 5. The molecule has 0 radical (unpaired) electrons. The molecule has 0 fully saturated rings. The number of ether oxygens (including phenoxy) is 1. The molecule has 0 spiro atoms. The van der Waals surface area contributed by atoms with Crippen molar-refractivity contribution in [3.63, 3.8) is 0 Å². The summed E-state index contributed by atoms with van der Waals surface area (Å²) < 4.78 is 6.98. The molecule has 1 amide bonds. The minimum absolute atomic E-state index is 0.126. The van der Waals surface area contributed by atoms with Gasteiger partial charge in [0.25, 0.3) is 5.91 Å². The molecule has 3 heterocycles. The average Bonchev–Trinajstić information content (AvgIpc) is 3.32. The predicted molar refractivity (Wildman–Crippen MR) is 97.9 cm³/mol. The van der Waals surface area contributed by atoms with Crippen molar-refractivity contribution in [1.82, 2.24) is 25.1 Å². The molecule has 134 valence electrons. The van der Waals surface area contributed by atoms with Crippen molar-refractivity contribution in [2.75, 3.05) is 12.4 Å². The monoisotopic (exact) mass is 370 g/mol. The first-order valence-corrected chi connectivity index (χ1v) is 9.16. The quantitative estimate of drug-likeness (QED) is 0.717. The van der Waals surface area contributed by atoms with Gasteiger partial charge in [0.05, 0.1) is 13.2 Å². The summed E-state index contributed by atoms with van der Waals surface area (Å²) in [6.07, 6.45) is 3.34. The van der Waals surface area contributed by atoms with Gasteiger partial charge in [-0.1, -0.05) is 0 Å². The summed E-state index contributed by atoms with van der Waals surface area (Å²) in [5, 5.41) is 12.8. The highest BCUT2D eigenvalue weighted by atomic mass is 32.1. The van der Waals surface area contributed by atoms with E-state index in [1.165, 1.54) is 17.7 Å². The van der Waals surface area contributed by atoms with Crippen molar-refractivity contribution in [1.29, 1.82) is 0 Å². The highest BCUT2D eigenvalue weighted by Gasteiger charge is 2.25. The highest BCUT2D eigenvalue weighted by Crippen LogP contribution is 2.25. The molecule has 1 aliphatic rings. The summed E-state index contributed by atoms with van der Waals surface area (Å²) in [6, 6.07) is 7.40. The van der Waals surface area contributed by atoms with Crippen LogP contribution in [0, 0.1) is 0 Å². The normalized spacial score (nSPS) is 16.0. The predicted octanol–water partition coefficient (Wildman–Crippen LogP) is 2.75. The number of amides is 1. The Morgan fingerprint density at radius 3 is 3.00 bits per heavy atom. The van der Waals surface area contributed by atoms with Crippen LogP contribution in [-0.2, 0) is 6.54 Å². The molecule has 3 aromatic rings. The summed E-state index contributed by atoms with van der Waals surface area (Å²) in [5.41, 5.74) is 1.27. The van der Waals surface area contributed by atoms with Gasteiger partial charge in [0.1, 0.15) is 23.6 Å². The van der Waals surface area contributed by atoms with Crippen molar-refractivity contribution in [2.45, 2.75) is 25.4 Å². The van der Waals surface area contributed by atoms with Gasteiger partial charge in [-0.2, -0.15) is 5.10 Å². The Labute approximate surface area is 154 Å². The molecule has 9 heteroatoms. The average molecular weight is 370 g/mol. The molecular weight excluding hydrogens is 352 g/mol. The van der Waals surface area contributed by atoms with Crippen LogP contribution in [0.2, 0.25) is 0 Å². The van der Waals surface area contributed by atoms with Crippen LogP contribution in [0.15, 0.2) is 36.0 Å². The number of anilines is 2. The van der Waals surface area contributed by atoms with Gasteiger partial charge in [0.15, 0.2) is 5.13 Å². The van der Waals surface area contributed by atoms with Crippen LogP contribution in [0.4, 0.5) is 10.8 Å². The van der Waals surface area contributed by atoms with E-state index in [9.17, 15) is 4.79 Å². The van der Waals surface area contributed by atoms with E-state index in [4.69, 9.17) is 4.74 Å². The maximum absolute atomic E-state index is 12.5. The van der Waals surface area contributed by atoms with Gasteiger partial charge < -0.3 is 15.4 Å². The van der Waals surface area contributed by atoms with Gasteiger partial charge in [-0.15, -0.1) is 11.3 Å². The number of nitrogens with zero attached hydrogens (tertiary/aromatic N) is 4. The Morgan fingerprint density at radius 1 is 1.35 bits per heavy atom. The lowest BCUT2D eigenvalue weighted by Crippen LogP contribution is -2.33. The van der Waals surface area contributed by atoms with Gasteiger partial charge in [0, 0.05) is 17.6 Å². The molecule has 8 nitrogen and oxygen atoms in total. The molecule has 1 aliphatic heterocycles. The molecule has 4 rings (SSSR count). The number of hydrogen-bond donors (Lipinski definition) is 2. The van der Waals surface area contributed by atoms with E-state index < -0.39 is 0 Å². The van der Waals surface area contributed by atoms with Crippen molar-refractivity contribution in [3.8, 4) is 5.75 Å². The highest BCUT2D eigenvalue weighted by molar-refractivity contribution is 7.14. The molecule has 1 atom stereocenters. The summed E-state index contributed by atoms with van der Waals surface area (Å²) in [5.74, 6) is 1.39. The van der Waals surface area contributed by atoms with Crippen LogP contribution < -0.4 is 15.4 Å². The van der Waals surface area contributed by atoms with Crippen LogP contribution in [0.5, 0.6) is 5.75 Å². The van der Waals surface area contributed by atoms with Crippen molar-refractivity contribution >= 4 is 28.1 Å². The van der Waals surface area contributed by atoms with Crippen LogP contribution in [0.25, 0.3) is 0 Å². The Kier molecular flexibility index (Phi) is 4.53. The number of nitrogens with one attached hydrogen (secondary N) is 2. The number of benzene rings is 1. The fourth-order valence-electron chi connectivity index (χ4n) is 2.89. The molecule has 0 saturated carbocycles. The molecule has 0 aliphatic carbocycles. The number of carbonyl (C=O) groups excluding carboxylic acids is 1.